The molecule has 3 aromatic carbocycles. The number of benzene rings is 3. The van der Waals surface area contributed by atoms with Gasteiger partial charge in [-0.25, -0.2) is 0 Å². The Morgan fingerprint density at radius 3 is 2.00 bits per heavy atom. The standard InChI is InChI=1S/C25H27N3O3/c1-18(2)25(30)28-22-10-8-20(9-11-22)26-16-24(29)27-21-12-14-23(15-13-21)31-17-19-6-4-3-5-7-19/h3-15,18,26H,16-17H2,1-2H3,(H,27,29)(H,28,30). The molecule has 6 nitrogen and oxygen atoms in total. The maximum absolute atomic E-state index is 12.2. The van der Waals surface area contributed by atoms with Gasteiger partial charge in [0.05, 0.1) is 6.54 Å². The maximum atomic E-state index is 12.2. The molecule has 0 saturated heterocycles. The quantitative estimate of drug-likeness (QED) is 0.462. The zero-order chi connectivity index (χ0) is 22.1. The summed E-state index contributed by atoms with van der Waals surface area (Å²) in [6, 6.07) is 24.5. The Labute approximate surface area is 182 Å². The monoisotopic (exact) mass is 417 g/mol. The van der Waals surface area contributed by atoms with Gasteiger partial charge in [0.1, 0.15) is 12.4 Å². The molecule has 3 rings (SSSR count). The first-order chi connectivity index (χ1) is 15.0. The number of ether oxygens (including phenoxy) is 1. The number of amides is 2. The van der Waals surface area contributed by atoms with Crippen molar-refractivity contribution in [3.63, 3.8) is 0 Å². The molecule has 0 radical (unpaired) electrons. The first-order valence-corrected chi connectivity index (χ1v) is 10.2. The molecule has 0 bridgehead atoms. The zero-order valence-electron chi connectivity index (χ0n) is 17.7. The van der Waals surface area contributed by atoms with E-state index in [4.69, 9.17) is 4.74 Å². The third-order valence-corrected chi connectivity index (χ3v) is 4.52. The molecule has 3 aromatic rings. The molecule has 2 amide bonds. The summed E-state index contributed by atoms with van der Waals surface area (Å²) in [6.45, 7) is 4.31. The Hall–Kier alpha value is -3.80. The summed E-state index contributed by atoms with van der Waals surface area (Å²) in [5.41, 5.74) is 3.32. The van der Waals surface area contributed by atoms with Crippen molar-refractivity contribution in [1.29, 1.82) is 0 Å². The molecule has 0 spiro atoms. The average molecular weight is 418 g/mol. The van der Waals surface area contributed by atoms with E-state index in [2.05, 4.69) is 16.0 Å². The molecule has 0 unspecified atom stereocenters. The van der Waals surface area contributed by atoms with Crippen molar-refractivity contribution in [1.82, 2.24) is 0 Å². The van der Waals surface area contributed by atoms with Crippen LogP contribution in [0.2, 0.25) is 0 Å². The second kappa shape index (κ2) is 10.8. The normalized spacial score (nSPS) is 10.4. The lowest BCUT2D eigenvalue weighted by molar-refractivity contribution is -0.119. The fourth-order valence-electron chi connectivity index (χ4n) is 2.72. The summed E-state index contributed by atoms with van der Waals surface area (Å²) < 4.78 is 5.75. The highest BCUT2D eigenvalue weighted by Crippen LogP contribution is 2.18. The summed E-state index contributed by atoms with van der Waals surface area (Å²) in [6.07, 6.45) is 0. The van der Waals surface area contributed by atoms with Crippen LogP contribution in [0.15, 0.2) is 78.9 Å². The van der Waals surface area contributed by atoms with Gasteiger partial charge < -0.3 is 20.7 Å². The molecule has 0 aliphatic carbocycles. The molecule has 31 heavy (non-hydrogen) atoms. The summed E-state index contributed by atoms with van der Waals surface area (Å²) in [5.74, 6) is 0.474. The molecule has 0 fully saturated rings. The number of hydrogen-bond donors (Lipinski definition) is 3. The van der Waals surface area contributed by atoms with Gasteiger partial charge in [-0.2, -0.15) is 0 Å². The van der Waals surface area contributed by atoms with Gasteiger partial charge in [-0.05, 0) is 54.1 Å². The third-order valence-electron chi connectivity index (χ3n) is 4.52. The SMILES string of the molecule is CC(C)C(=O)Nc1ccc(NCC(=O)Nc2ccc(OCc3ccccc3)cc2)cc1. The highest BCUT2D eigenvalue weighted by atomic mass is 16.5. The minimum absolute atomic E-state index is 0.0310. The Kier molecular flexibility index (Phi) is 7.65. The van der Waals surface area contributed by atoms with E-state index in [1.807, 2.05) is 80.6 Å². The number of nitrogens with one attached hydrogen (secondary N) is 3. The van der Waals surface area contributed by atoms with E-state index in [9.17, 15) is 9.59 Å². The Morgan fingerprint density at radius 1 is 0.774 bits per heavy atom. The summed E-state index contributed by atoms with van der Waals surface area (Å²) in [4.78, 5) is 23.9. The van der Waals surface area contributed by atoms with Crippen molar-refractivity contribution in [2.75, 3.05) is 22.5 Å². The summed E-state index contributed by atoms with van der Waals surface area (Å²) >= 11 is 0. The van der Waals surface area contributed by atoms with Gasteiger partial charge in [-0.1, -0.05) is 44.2 Å². The molecule has 6 heteroatoms. The third kappa shape index (κ3) is 7.19. The van der Waals surface area contributed by atoms with Crippen LogP contribution in [0.1, 0.15) is 19.4 Å². The van der Waals surface area contributed by atoms with E-state index in [-0.39, 0.29) is 24.3 Å². The predicted octanol–water partition coefficient (Wildman–Crippen LogP) is 4.91. The average Bonchev–Trinajstić information content (AvgIpc) is 2.79. The van der Waals surface area contributed by atoms with Crippen molar-refractivity contribution in [3.05, 3.63) is 84.4 Å². The second-order valence-corrected chi connectivity index (χ2v) is 7.42. The summed E-state index contributed by atoms with van der Waals surface area (Å²) in [7, 11) is 0. The Morgan fingerprint density at radius 2 is 1.35 bits per heavy atom. The number of anilines is 3. The lowest BCUT2D eigenvalue weighted by Gasteiger charge is -2.11. The fourth-order valence-corrected chi connectivity index (χ4v) is 2.72. The molecule has 0 aromatic heterocycles. The smallest absolute Gasteiger partial charge is 0.243 e. The van der Waals surface area contributed by atoms with E-state index in [1.54, 1.807) is 12.1 Å². The van der Waals surface area contributed by atoms with E-state index in [0.717, 1.165) is 22.7 Å². The molecule has 3 N–H and O–H groups in total. The van der Waals surface area contributed by atoms with Crippen molar-refractivity contribution >= 4 is 28.9 Å². The van der Waals surface area contributed by atoms with Crippen LogP contribution in [-0.4, -0.2) is 18.4 Å². The molecular formula is C25H27N3O3. The molecule has 0 aliphatic heterocycles. The largest absolute Gasteiger partial charge is 0.489 e. The number of hydrogen-bond acceptors (Lipinski definition) is 4. The lowest BCUT2D eigenvalue weighted by Crippen LogP contribution is -2.21. The van der Waals surface area contributed by atoms with Crippen molar-refractivity contribution in [3.8, 4) is 5.75 Å². The van der Waals surface area contributed by atoms with Crippen molar-refractivity contribution < 1.29 is 14.3 Å². The van der Waals surface area contributed by atoms with Gasteiger partial charge in [0.25, 0.3) is 0 Å². The number of carbonyl (C=O) groups excluding carboxylic acids is 2. The molecule has 0 heterocycles. The maximum Gasteiger partial charge on any atom is 0.243 e. The van der Waals surface area contributed by atoms with Crippen LogP contribution < -0.4 is 20.7 Å². The van der Waals surface area contributed by atoms with Crippen LogP contribution in [0, 0.1) is 5.92 Å². The topological polar surface area (TPSA) is 79.5 Å². The first kappa shape index (κ1) is 21.9. The van der Waals surface area contributed by atoms with Crippen LogP contribution in [0.3, 0.4) is 0 Å². The van der Waals surface area contributed by atoms with Crippen LogP contribution in [0.5, 0.6) is 5.75 Å². The van der Waals surface area contributed by atoms with Gasteiger partial charge in [0.15, 0.2) is 0 Å². The fraction of sp³-hybridized carbons (Fsp3) is 0.200. The highest BCUT2D eigenvalue weighted by molar-refractivity contribution is 5.94. The second-order valence-electron chi connectivity index (χ2n) is 7.42. The lowest BCUT2D eigenvalue weighted by atomic mass is 10.2. The molecule has 0 atom stereocenters. The molecule has 160 valence electrons. The van der Waals surface area contributed by atoms with Crippen LogP contribution in [0.4, 0.5) is 17.1 Å². The number of carbonyl (C=O) groups is 2. The van der Waals surface area contributed by atoms with Gasteiger partial charge in [-0.15, -0.1) is 0 Å². The van der Waals surface area contributed by atoms with Gasteiger partial charge in [0, 0.05) is 23.0 Å². The first-order valence-electron chi connectivity index (χ1n) is 10.2. The van der Waals surface area contributed by atoms with E-state index in [0.29, 0.717) is 12.3 Å². The van der Waals surface area contributed by atoms with E-state index >= 15 is 0 Å². The summed E-state index contributed by atoms with van der Waals surface area (Å²) in [5, 5.41) is 8.75. The Bertz CT molecular complexity index is 985. The minimum Gasteiger partial charge on any atom is -0.489 e. The molecule has 0 aliphatic rings. The van der Waals surface area contributed by atoms with Crippen LogP contribution >= 0.6 is 0 Å². The van der Waals surface area contributed by atoms with Crippen LogP contribution in [-0.2, 0) is 16.2 Å². The zero-order valence-corrected chi connectivity index (χ0v) is 17.7. The van der Waals surface area contributed by atoms with E-state index in [1.165, 1.54) is 0 Å². The molecule has 0 saturated carbocycles. The molecular weight excluding hydrogens is 390 g/mol. The Balaban J connectivity index is 1.42. The van der Waals surface area contributed by atoms with Gasteiger partial charge in [0.2, 0.25) is 11.8 Å². The van der Waals surface area contributed by atoms with Crippen molar-refractivity contribution in [2.45, 2.75) is 20.5 Å². The predicted molar refractivity (Wildman–Crippen MR) is 124 cm³/mol. The van der Waals surface area contributed by atoms with Gasteiger partial charge >= 0.3 is 0 Å². The van der Waals surface area contributed by atoms with Crippen LogP contribution in [0.25, 0.3) is 0 Å². The number of rotatable bonds is 9. The van der Waals surface area contributed by atoms with Gasteiger partial charge in [-0.3, -0.25) is 9.59 Å². The van der Waals surface area contributed by atoms with Crippen molar-refractivity contribution in [2.24, 2.45) is 5.92 Å². The van der Waals surface area contributed by atoms with E-state index < -0.39 is 0 Å². The highest BCUT2D eigenvalue weighted by Gasteiger charge is 2.07. The minimum atomic E-state index is -0.157.